The first kappa shape index (κ1) is 12.7. The molecule has 1 aromatic carbocycles. The maximum atomic E-state index is 13.0. The first-order valence-electron chi connectivity index (χ1n) is 5.56. The van der Waals surface area contributed by atoms with E-state index < -0.39 is 0 Å². The minimum absolute atomic E-state index is 0.188. The molecule has 3 heteroatoms. The van der Waals surface area contributed by atoms with Gasteiger partial charge in [0.25, 0.3) is 0 Å². The Morgan fingerprint density at radius 2 is 2.19 bits per heavy atom. The maximum absolute atomic E-state index is 13.0. The Balaban J connectivity index is 2.27. The van der Waals surface area contributed by atoms with Crippen LogP contribution in [0.15, 0.2) is 18.2 Å². The summed E-state index contributed by atoms with van der Waals surface area (Å²) in [5.41, 5.74) is 2.10. The Kier molecular flexibility index (Phi) is 5.52. The molecule has 1 aromatic rings. The van der Waals surface area contributed by atoms with E-state index >= 15 is 0 Å². The Hall–Kier alpha value is -1.40. The second-order valence-electron chi connectivity index (χ2n) is 3.86. The molecule has 0 unspecified atom stereocenters. The summed E-state index contributed by atoms with van der Waals surface area (Å²) in [4.78, 5) is 0. The lowest BCUT2D eigenvalue weighted by Crippen LogP contribution is -2.15. The third-order valence-corrected chi connectivity index (χ3v) is 2.52. The van der Waals surface area contributed by atoms with Gasteiger partial charge in [0.2, 0.25) is 0 Å². The lowest BCUT2D eigenvalue weighted by atomic mass is 10.1. The molecule has 0 bridgehead atoms. The van der Waals surface area contributed by atoms with E-state index in [1.807, 2.05) is 6.92 Å². The van der Waals surface area contributed by atoms with Gasteiger partial charge in [-0.15, -0.1) is 0 Å². The maximum Gasteiger partial charge on any atom is 0.123 e. The Morgan fingerprint density at radius 1 is 1.38 bits per heavy atom. The highest BCUT2D eigenvalue weighted by Gasteiger charge is 1.99. The predicted molar refractivity (Wildman–Crippen MR) is 62.3 cm³/mol. The van der Waals surface area contributed by atoms with Gasteiger partial charge >= 0.3 is 0 Å². The molecule has 0 heterocycles. The van der Waals surface area contributed by atoms with Crippen LogP contribution in [0.25, 0.3) is 0 Å². The molecule has 2 nitrogen and oxygen atoms in total. The molecule has 16 heavy (non-hydrogen) atoms. The molecule has 0 aliphatic carbocycles. The molecule has 86 valence electrons. The number of halogens is 1. The van der Waals surface area contributed by atoms with E-state index in [1.54, 1.807) is 12.1 Å². The lowest BCUT2D eigenvalue weighted by molar-refractivity contribution is 0.608. The van der Waals surface area contributed by atoms with Gasteiger partial charge in [0, 0.05) is 13.0 Å². The molecule has 0 atom stereocenters. The third kappa shape index (κ3) is 4.41. The number of unbranched alkanes of at least 4 members (excludes halogenated alkanes) is 2. The Morgan fingerprint density at radius 3 is 2.94 bits per heavy atom. The van der Waals surface area contributed by atoms with Crippen LogP contribution in [-0.4, -0.2) is 6.54 Å². The average Bonchev–Trinajstić information content (AvgIpc) is 2.28. The van der Waals surface area contributed by atoms with Gasteiger partial charge in [-0.1, -0.05) is 6.07 Å². The largest absolute Gasteiger partial charge is 0.313 e. The first-order valence-corrected chi connectivity index (χ1v) is 5.56. The van der Waals surface area contributed by atoms with Crippen molar-refractivity contribution < 1.29 is 4.39 Å². The summed E-state index contributed by atoms with van der Waals surface area (Å²) < 4.78 is 13.0. The van der Waals surface area contributed by atoms with Crippen LogP contribution < -0.4 is 5.32 Å². The zero-order valence-corrected chi connectivity index (χ0v) is 9.59. The molecular weight excluding hydrogens is 203 g/mol. The highest BCUT2D eigenvalue weighted by atomic mass is 19.1. The van der Waals surface area contributed by atoms with Gasteiger partial charge in [-0.05, 0) is 49.6 Å². The van der Waals surface area contributed by atoms with E-state index in [1.165, 1.54) is 6.07 Å². The minimum Gasteiger partial charge on any atom is -0.313 e. The molecular formula is C13H17FN2. The second kappa shape index (κ2) is 6.97. The second-order valence-corrected chi connectivity index (χ2v) is 3.86. The molecule has 0 saturated carbocycles. The molecule has 0 aliphatic heterocycles. The van der Waals surface area contributed by atoms with Crippen LogP contribution in [0.3, 0.4) is 0 Å². The molecule has 1 N–H and O–H groups in total. The monoisotopic (exact) mass is 220 g/mol. The van der Waals surface area contributed by atoms with Crippen molar-refractivity contribution in [2.24, 2.45) is 0 Å². The SMILES string of the molecule is Cc1ccc(F)cc1CNCCCCC#N. The van der Waals surface area contributed by atoms with Crippen molar-refractivity contribution in [1.82, 2.24) is 5.32 Å². The van der Waals surface area contributed by atoms with E-state index in [4.69, 9.17) is 5.26 Å². The van der Waals surface area contributed by atoms with Gasteiger partial charge in [-0.3, -0.25) is 0 Å². The summed E-state index contributed by atoms with van der Waals surface area (Å²) >= 11 is 0. The van der Waals surface area contributed by atoms with Crippen LogP contribution in [0.4, 0.5) is 4.39 Å². The molecule has 0 saturated heterocycles. The Labute approximate surface area is 96.1 Å². The van der Waals surface area contributed by atoms with Crippen molar-refractivity contribution in [3.63, 3.8) is 0 Å². The molecule has 0 radical (unpaired) electrons. The van der Waals surface area contributed by atoms with Crippen LogP contribution in [0.5, 0.6) is 0 Å². The van der Waals surface area contributed by atoms with Crippen molar-refractivity contribution in [3.05, 3.63) is 35.1 Å². The zero-order chi connectivity index (χ0) is 11.8. The average molecular weight is 220 g/mol. The summed E-state index contributed by atoms with van der Waals surface area (Å²) in [6, 6.07) is 6.95. The predicted octanol–water partition coefficient (Wildman–Crippen LogP) is 2.92. The van der Waals surface area contributed by atoms with Crippen LogP contribution in [0, 0.1) is 24.1 Å². The van der Waals surface area contributed by atoms with Gasteiger partial charge in [0.1, 0.15) is 5.82 Å². The summed E-state index contributed by atoms with van der Waals surface area (Å²) in [5, 5.41) is 11.6. The summed E-state index contributed by atoms with van der Waals surface area (Å²) in [6.45, 7) is 3.54. The minimum atomic E-state index is -0.188. The van der Waals surface area contributed by atoms with Crippen LogP contribution in [0.1, 0.15) is 30.4 Å². The fourth-order valence-electron chi connectivity index (χ4n) is 1.51. The van der Waals surface area contributed by atoms with Crippen LogP contribution in [-0.2, 0) is 6.54 Å². The number of rotatable bonds is 6. The van der Waals surface area contributed by atoms with Gasteiger partial charge in [0.15, 0.2) is 0 Å². The summed E-state index contributed by atoms with van der Waals surface area (Å²) in [7, 11) is 0. The summed E-state index contributed by atoms with van der Waals surface area (Å²) in [5.74, 6) is -0.188. The highest BCUT2D eigenvalue weighted by molar-refractivity contribution is 5.26. The molecule has 0 spiro atoms. The third-order valence-electron chi connectivity index (χ3n) is 2.52. The van der Waals surface area contributed by atoms with Gasteiger partial charge in [-0.25, -0.2) is 4.39 Å². The topological polar surface area (TPSA) is 35.8 Å². The normalized spacial score (nSPS) is 10.1. The first-order chi connectivity index (χ1) is 7.74. The highest BCUT2D eigenvalue weighted by Crippen LogP contribution is 2.09. The quantitative estimate of drug-likeness (QED) is 0.748. The number of benzene rings is 1. The van der Waals surface area contributed by atoms with Crippen molar-refractivity contribution in [1.29, 1.82) is 5.26 Å². The van der Waals surface area contributed by atoms with E-state index in [0.29, 0.717) is 13.0 Å². The van der Waals surface area contributed by atoms with Crippen molar-refractivity contribution in [2.45, 2.75) is 32.7 Å². The molecule has 0 aromatic heterocycles. The van der Waals surface area contributed by atoms with Gasteiger partial charge in [0.05, 0.1) is 6.07 Å². The van der Waals surface area contributed by atoms with E-state index in [2.05, 4.69) is 11.4 Å². The Bertz CT molecular complexity index is 369. The van der Waals surface area contributed by atoms with Crippen LogP contribution >= 0.6 is 0 Å². The van der Waals surface area contributed by atoms with Crippen molar-refractivity contribution >= 4 is 0 Å². The zero-order valence-electron chi connectivity index (χ0n) is 9.59. The van der Waals surface area contributed by atoms with Gasteiger partial charge < -0.3 is 5.32 Å². The lowest BCUT2D eigenvalue weighted by Gasteiger charge is -2.07. The van der Waals surface area contributed by atoms with E-state index in [9.17, 15) is 4.39 Å². The van der Waals surface area contributed by atoms with Gasteiger partial charge in [-0.2, -0.15) is 5.26 Å². The number of nitrogens with one attached hydrogen (secondary N) is 1. The van der Waals surface area contributed by atoms with Crippen LogP contribution in [0.2, 0.25) is 0 Å². The number of nitriles is 1. The standard InChI is InChI=1S/C13H17FN2/c1-11-5-6-13(14)9-12(11)10-16-8-4-2-3-7-15/h5-6,9,16H,2-4,8,10H2,1H3. The smallest absolute Gasteiger partial charge is 0.123 e. The van der Waals surface area contributed by atoms with E-state index in [-0.39, 0.29) is 5.82 Å². The van der Waals surface area contributed by atoms with E-state index in [0.717, 1.165) is 30.5 Å². The fourth-order valence-corrected chi connectivity index (χ4v) is 1.51. The number of hydrogen-bond acceptors (Lipinski definition) is 2. The molecule has 0 fully saturated rings. The number of hydrogen-bond donors (Lipinski definition) is 1. The van der Waals surface area contributed by atoms with Crippen molar-refractivity contribution in [3.8, 4) is 6.07 Å². The number of aryl methyl sites for hydroxylation is 1. The summed E-state index contributed by atoms with van der Waals surface area (Å²) in [6.07, 6.45) is 2.52. The molecule has 0 amide bonds. The van der Waals surface area contributed by atoms with Crippen molar-refractivity contribution in [2.75, 3.05) is 6.54 Å². The fraction of sp³-hybridized carbons (Fsp3) is 0.462. The number of nitrogens with zero attached hydrogens (tertiary/aromatic N) is 1. The molecule has 0 aliphatic rings. The molecule has 1 rings (SSSR count).